The van der Waals surface area contributed by atoms with Crippen molar-refractivity contribution in [1.29, 1.82) is 0 Å². The Hall–Kier alpha value is -4.30. The zero-order chi connectivity index (χ0) is 27.7. The van der Waals surface area contributed by atoms with Crippen molar-refractivity contribution in [3.63, 3.8) is 0 Å². The maximum absolute atomic E-state index is 5.99. The average molecular weight is 577 g/mol. The van der Waals surface area contributed by atoms with E-state index in [1.54, 1.807) is 0 Å². The van der Waals surface area contributed by atoms with E-state index in [1.807, 2.05) is 84.9 Å². The first-order chi connectivity index (χ1) is 20.3. The summed E-state index contributed by atoms with van der Waals surface area (Å²) in [6.45, 7) is 2.12. The lowest BCUT2D eigenvalue weighted by Gasteiger charge is -2.06. The number of aromatic nitrogens is 2. The van der Waals surface area contributed by atoms with Crippen LogP contribution in [0.1, 0.15) is 20.9 Å². The first kappa shape index (κ1) is 26.9. The van der Waals surface area contributed by atoms with Crippen LogP contribution < -0.4 is 9.47 Å². The summed E-state index contributed by atoms with van der Waals surface area (Å²) in [5.74, 6) is 1.68. The van der Waals surface area contributed by atoms with Crippen LogP contribution in [0.2, 0.25) is 0 Å². The van der Waals surface area contributed by atoms with Gasteiger partial charge in [0.25, 0.3) is 0 Å². The van der Waals surface area contributed by atoms with Crippen molar-refractivity contribution in [2.24, 2.45) is 0 Å². The summed E-state index contributed by atoms with van der Waals surface area (Å²) in [5, 5.41) is 0. The van der Waals surface area contributed by atoms with Crippen molar-refractivity contribution in [2.45, 2.75) is 26.4 Å². The molecule has 0 spiro atoms. The molecule has 4 aromatic carbocycles. The first-order valence-electron chi connectivity index (χ1n) is 13.3. The van der Waals surface area contributed by atoms with Gasteiger partial charge in [-0.3, -0.25) is 0 Å². The van der Waals surface area contributed by atoms with Crippen LogP contribution in [0, 0.1) is 0 Å². The zero-order valence-electron chi connectivity index (χ0n) is 22.3. The van der Waals surface area contributed by atoms with Crippen LogP contribution in [0.4, 0.5) is 0 Å². The number of benzene rings is 4. The van der Waals surface area contributed by atoms with E-state index in [-0.39, 0.29) is 0 Å². The summed E-state index contributed by atoms with van der Waals surface area (Å²) in [4.78, 5) is 2.17. The third-order valence-corrected chi connectivity index (χ3v) is 7.92. The molecule has 0 bridgehead atoms. The second kappa shape index (κ2) is 13.4. The average Bonchev–Trinajstić information content (AvgIpc) is 3.71. The SMILES string of the molecule is c1ccc(COc2ccc(-c3cc(COCc4cc(-c5ccc(OCc6ccccc6)cc5)ns4)sn3)cc2)cc1. The lowest BCUT2D eigenvalue weighted by molar-refractivity contribution is 0.111. The van der Waals surface area contributed by atoms with Crippen LogP contribution in [-0.4, -0.2) is 8.75 Å². The molecule has 0 radical (unpaired) electrons. The Morgan fingerprint density at radius 2 is 0.878 bits per heavy atom. The Kier molecular flexibility index (Phi) is 8.77. The van der Waals surface area contributed by atoms with Gasteiger partial charge in [-0.25, -0.2) is 0 Å². The fourth-order valence-electron chi connectivity index (χ4n) is 4.21. The molecule has 6 rings (SSSR count). The fraction of sp³-hybridized carbons (Fsp3) is 0.118. The molecule has 0 aliphatic carbocycles. The largest absolute Gasteiger partial charge is 0.489 e. The molecule has 6 aromatic rings. The van der Waals surface area contributed by atoms with E-state index in [0.717, 1.165) is 54.9 Å². The van der Waals surface area contributed by atoms with Crippen molar-refractivity contribution in [1.82, 2.24) is 8.75 Å². The van der Waals surface area contributed by atoms with Gasteiger partial charge in [-0.15, -0.1) is 0 Å². The summed E-state index contributed by atoms with van der Waals surface area (Å²) in [6, 6.07) is 40.6. The predicted octanol–water partition coefficient (Wildman–Crippen LogP) is 8.81. The Morgan fingerprint density at radius 3 is 1.29 bits per heavy atom. The highest BCUT2D eigenvalue weighted by Gasteiger charge is 2.09. The molecule has 0 aliphatic rings. The smallest absolute Gasteiger partial charge is 0.119 e. The van der Waals surface area contributed by atoms with E-state index < -0.39 is 0 Å². The van der Waals surface area contributed by atoms with E-state index in [4.69, 9.17) is 14.2 Å². The summed E-state index contributed by atoms with van der Waals surface area (Å²) >= 11 is 2.93. The van der Waals surface area contributed by atoms with Gasteiger partial charge in [-0.05, 0) is 94.9 Å². The minimum atomic E-state index is 0.511. The van der Waals surface area contributed by atoms with Gasteiger partial charge in [0.2, 0.25) is 0 Å². The Balaban J connectivity index is 0.965. The van der Waals surface area contributed by atoms with Crippen LogP contribution in [0.25, 0.3) is 22.5 Å². The first-order valence-corrected chi connectivity index (χ1v) is 14.9. The number of rotatable bonds is 12. The maximum Gasteiger partial charge on any atom is 0.119 e. The van der Waals surface area contributed by atoms with Gasteiger partial charge in [0.1, 0.15) is 24.7 Å². The molecule has 0 saturated carbocycles. The molecule has 41 heavy (non-hydrogen) atoms. The van der Waals surface area contributed by atoms with E-state index >= 15 is 0 Å². The molecular formula is C34H28N2O3S2. The molecule has 0 N–H and O–H groups in total. The van der Waals surface area contributed by atoms with E-state index in [0.29, 0.717) is 26.4 Å². The second-order valence-corrected chi connectivity index (χ2v) is 11.2. The van der Waals surface area contributed by atoms with Gasteiger partial charge in [0, 0.05) is 11.1 Å². The van der Waals surface area contributed by atoms with Gasteiger partial charge in [0.05, 0.1) is 34.4 Å². The van der Waals surface area contributed by atoms with Gasteiger partial charge in [0.15, 0.2) is 0 Å². The lowest BCUT2D eigenvalue weighted by atomic mass is 10.1. The molecular weight excluding hydrogens is 549 g/mol. The fourth-order valence-corrected chi connectivity index (χ4v) is 5.56. The Morgan fingerprint density at radius 1 is 0.463 bits per heavy atom. The highest BCUT2D eigenvalue weighted by molar-refractivity contribution is 7.06. The molecule has 0 fully saturated rings. The molecule has 0 amide bonds. The molecule has 204 valence electrons. The van der Waals surface area contributed by atoms with E-state index in [9.17, 15) is 0 Å². The van der Waals surface area contributed by atoms with Crippen LogP contribution in [0.3, 0.4) is 0 Å². The Labute approximate surface area is 248 Å². The quantitative estimate of drug-likeness (QED) is 0.146. The highest BCUT2D eigenvalue weighted by atomic mass is 32.1. The van der Waals surface area contributed by atoms with Crippen molar-refractivity contribution >= 4 is 23.1 Å². The summed E-state index contributed by atoms with van der Waals surface area (Å²) in [6.07, 6.45) is 0. The van der Waals surface area contributed by atoms with Gasteiger partial charge in [-0.1, -0.05) is 60.7 Å². The molecule has 5 nitrogen and oxygen atoms in total. The molecule has 0 aliphatic heterocycles. The van der Waals surface area contributed by atoms with Gasteiger partial charge in [-0.2, -0.15) is 8.75 Å². The molecule has 2 aromatic heterocycles. The number of nitrogens with zero attached hydrogens (tertiary/aromatic N) is 2. The summed E-state index contributed by atoms with van der Waals surface area (Å²) < 4.78 is 27.0. The highest BCUT2D eigenvalue weighted by Crippen LogP contribution is 2.27. The van der Waals surface area contributed by atoms with Crippen LogP contribution in [0.15, 0.2) is 121 Å². The van der Waals surface area contributed by atoms with Gasteiger partial charge >= 0.3 is 0 Å². The topological polar surface area (TPSA) is 53.5 Å². The normalized spacial score (nSPS) is 10.9. The minimum absolute atomic E-state index is 0.511. The number of ether oxygens (including phenoxy) is 3. The molecule has 7 heteroatoms. The minimum Gasteiger partial charge on any atom is -0.489 e. The number of hydrogen-bond acceptors (Lipinski definition) is 7. The molecule has 0 atom stereocenters. The van der Waals surface area contributed by atoms with Crippen molar-refractivity contribution in [3.8, 4) is 34.0 Å². The van der Waals surface area contributed by atoms with Crippen LogP contribution >= 0.6 is 23.1 Å². The third-order valence-electron chi connectivity index (χ3n) is 6.40. The summed E-state index contributed by atoms with van der Waals surface area (Å²) in [7, 11) is 0. The zero-order valence-corrected chi connectivity index (χ0v) is 23.9. The van der Waals surface area contributed by atoms with Crippen molar-refractivity contribution in [2.75, 3.05) is 0 Å². The third kappa shape index (κ3) is 7.46. The van der Waals surface area contributed by atoms with Crippen molar-refractivity contribution in [3.05, 3.63) is 142 Å². The maximum atomic E-state index is 5.99. The second-order valence-electron chi connectivity index (χ2n) is 9.45. The predicted molar refractivity (Wildman–Crippen MR) is 165 cm³/mol. The standard InChI is InChI=1S/C34H28N2O3S2/c1-3-7-25(8-4-1)21-38-29-15-11-27(12-16-29)33-19-31(40-35-33)23-37-24-32-20-34(36-41-32)28-13-17-30(18-14-28)39-22-26-9-5-2-6-10-26/h1-20H,21-24H2. The van der Waals surface area contributed by atoms with Crippen molar-refractivity contribution < 1.29 is 14.2 Å². The Bertz CT molecular complexity index is 1520. The lowest BCUT2D eigenvalue weighted by Crippen LogP contribution is -1.94. The molecule has 0 unspecified atom stereocenters. The van der Waals surface area contributed by atoms with E-state index in [2.05, 4.69) is 45.1 Å². The monoisotopic (exact) mass is 576 g/mol. The number of hydrogen-bond donors (Lipinski definition) is 0. The van der Waals surface area contributed by atoms with Crippen LogP contribution in [-0.2, 0) is 31.2 Å². The molecule has 0 saturated heterocycles. The summed E-state index contributed by atoms with van der Waals surface area (Å²) in [5.41, 5.74) is 6.30. The van der Waals surface area contributed by atoms with E-state index in [1.165, 1.54) is 23.1 Å². The molecule has 2 heterocycles. The van der Waals surface area contributed by atoms with Gasteiger partial charge < -0.3 is 14.2 Å². The van der Waals surface area contributed by atoms with Crippen LogP contribution in [0.5, 0.6) is 11.5 Å².